The summed E-state index contributed by atoms with van der Waals surface area (Å²) in [5.41, 5.74) is 15.7. The van der Waals surface area contributed by atoms with E-state index in [0.717, 1.165) is 55.6 Å². The number of benzene rings is 10. The minimum atomic E-state index is 0.874. The van der Waals surface area contributed by atoms with Crippen molar-refractivity contribution in [2.45, 2.75) is 0 Å². The van der Waals surface area contributed by atoms with Crippen LogP contribution in [0.15, 0.2) is 235 Å². The fourth-order valence-corrected chi connectivity index (χ4v) is 9.28. The van der Waals surface area contributed by atoms with Gasteiger partial charge < -0.3 is 13.9 Å². The molecule has 0 aliphatic rings. The quantitative estimate of drug-likeness (QED) is 0.161. The number of para-hydroxylation sites is 3. The number of furan rings is 1. The molecule has 0 N–H and O–H groups in total. The molecule has 0 radical (unpaired) electrons. The van der Waals surface area contributed by atoms with Crippen LogP contribution in [0.25, 0.3) is 93.6 Å². The molecular formula is C58H38N2O. The maximum absolute atomic E-state index is 6.54. The van der Waals surface area contributed by atoms with Crippen LogP contribution in [0.4, 0.5) is 17.1 Å². The van der Waals surface area contributed by atoms with E-state index in [1.807, 2.05) is 6.07 Å². The van der Waals surface area contributed by atoms with E-state index < -0.39 is 0 Å². The average molecular weight is 779 g/mol. The molecule has 10 aromatic carbocycles. The molecule has 12 aromatic rings. The van der Waals surface area contributed by atoms with E-state index in [4.69, 9.17) is 4.42 Å². The Bertz CT molecular complexity index is 3490. The van der Waals surface area contributed by atoms with Gasteiger partial charge in [0.1, 0.15) is 11.2 Å². The zero-order valence-electron chi connectivity index (χ0n) is 33.2. The van der Waals surface area contributed by atoms with Crippen LogP contribution in [0, 0.1) is 0 Å². The van der Waals surface area contributed by atoms with Crippen LogP contribution in [-0.4, -0.2) is 4.57 Å². The van der Waals surface area contributed by atoms with Crippen molar-refractivity contribution in [1.82, 2.24) is 4.57 Å². The Morgan fingerprint density at radius 2 is 0.721 bits per heavy atom. The van der Waals surface area contributed by atoms with Gasteiger partial charge in [0.2, 0.25) is 0 Å². The highest BCUT2D eigenvalue weighted by molar-refractivity contribution is 6.22. The summed E-state index contributed by atoms with van der Waals surface area (Å²) in [6.45, 7) is 0. The lowest BCUT2D eigenvalue weighted by Crippen LogP contribution is -2.10. The second-order valence-electron chi connectivity index (χ2n) is 15.7. The zero-order valence-corrected chi connectivity index (χ0v) is 33.2. The zero-order chi connectivity index (χ0) is 40.3. The van der Waals surface area contributed by atoms with E-state index >= 15 is 0 Å². The van der Waals surface area contributed by atoms with Crippen molar-refractivity contribution in [1.29, 1.82) is 0 Å². The normalized spacial score (nSPS) is 11.6. The molecule has 0 saturated heterocycles. The van der Waals surface area contributed by atoms with Gasteiger partial charge in [-0.1, -0.05) is 170 Å². The highest BCUT2D eigenvalue weighted by Gasteiger charge is 2.21. The van der Waals surface area contributed by atoms with Gasteiger partial charge in [0.25, 0.3) is 0 Å². The van der Waals surface area contributed by atoms with E-state index in [0.29, 0.717) is 0 Å². The van der Waals surface area contributed by atoms with Crippen molar-refractivity contribution < 1.29 is 4.42 Å². The van der Waals surface area contributed by atoms with Crippen LogP contribution in [0.2, 0.25) is 0 Å². The van der Waals surface area contributed by atoms with Gasteiger partial charge in [-0.05, 0) is 93.4 Å². The van der Waals surface area contributed by atoms with Gasteiger partial charge in [-0.15, -0.1) is 0 Å². The molecule has 3 nitrogen and oxygen atoms in total. The monoisotopic (exact) mass is 778 g/mol. The predicted octanol–water partition coefficient (Wildman–Crippen LogP) is 16.3. The highest BCUT2D eigenvalue weighted by Crippen LogP contribution is 2.45. The number of nitrogens with zero attached hydrogens (tertiary/aromatic N) is 2. The summed E-state index contributed by atoms with van der Waals surface area (Å²) in [6, 6.07) is 82.8. The molecule has 3 heteroatoms. The minimum Gasteiger partial charge on any atom is -0.456 e. The summed E-state index contributed by atoms with van der Waals surface area (Å²) in [6.07, 6.45) is 0. The molecule has 2 aromatic heterocycles. The Hall–Kier alpha value is -8.14. The molecular weight excluding hydrogens is 741 g/mol. The molecule has 0 unspecified atom stereocenters. The molecule has 286 valence electrons. The Balaban J connectivity index is 0.896. The van der Waals surface area contributed by atoms with Gasteiger partial charge in [-0.2, -0.15) is 0 Å². The summed E-state index contributed by atoms with van der Waals surface area (Å²) in [4.78, 5) is 2.36. The fraction of sp³-hybridized carbons (Fsp3) is 0. The van der Waals surface area contributed by atoms with Crippen molar-refractivity contribution in [2.24, 2.45) is 0 Å². The maximum Gasteiger partial charge on any atom is 0.138 e. The molecule has 0 saturated carbocycles. The van der Waals surface area contributed by atoms with Gasteiger partial charge in [-0.25, -0.2) is 0 Å². The first-order chi connectivity index (χ1) is 30.2. The number of anilines is 3. The Labute approximate surface area is 353 Å². The molecule has 12 rings (SSSR count). The van der Waals surface area contributed by atoms with E-state index in [1.54, 1.807) is 0 Å². The van der Waals surface area contributed by atoms with Crippen LogP contribution in [-0.2, 0) is 0 Å². The first-order valence-corrected chi connectivity index (χ1v) is 20.8. The van der Waals surface area contributed by atoms with Crippen molar-refractivity contribution >= 4 is 71.6 Å². The smallest absolute Gasteiger partial charge is 0.138 e. The van der Waals surface area contributed by atoms with Crippen LogP contribution in [0.3, 0.4) is 0 Å². The van der Waals surface area contributed by atoms with Crippen molar-refractivity contribution in [2.75, 3.05) is 4.90 Å². The first kappa shape index (κ1) is 34.9. The van der Waals surface area contributed by atoms with Crippen LogP contribution in [0.5, 0.6) is 0 Å². The molecule has 0 aliphatic heterocycles. The summed E-state index contributed by atoms with van der Waals surface area (Å²) >= 11 is 0. The van der Waals surface area contributed by atoms with Crippen molar-refractivity contribution in [3.05, 3.63) is 231 Å². The van der Waals surface area contributed by atoms with E-state index in [9.17, 15) is 0 Å². The minimum absolute atomic E-state index is 0.874. The SMILES string of the molecule is c1ccc(-c2ccc(N(c3ccc(-c4ccc(-c5ccc(-n6c7ccccc7c7ccccc76)cc5)cc4)cc3)c3cc4oc5ccccc5c4c4ccccc34)cc2)cc1. The summed E-state index contributed by atoms with van der Waals surface area (Å²) < 4.78 is 8.91. The molecule has 0 atom stereocenters. The third-order valence-corrected chi connectivity index (χ3v) is 12.2. The lowest BCUT2D eigenvalue weighted by molar-refractivity contribution is 0.669. The second-order valence-corrected chi connectivity index (χ2v) is 15.7. The standard InChI is InChI=1S/C58H38N2O/c1-2-12-39(13-3-1)42-26-32-45(33-27-42)59(55-38-57-58(51-17-5-4-16-50(51)55)52-18-8-11-21-56(52)61-57)46-34-28-43(29-35-46)40-22-24-41(25-23-40)44-30-36-47(37-31-44)60-53-19-9-6-14-48(53)49-15-7-10-20-54(49)60/h1-38H. The molecule has 2 heterocycles. The second kappa shape index (κ2) is 14.3. The number of hydrogen-bond donors (Lipinski definition) is 0. The van der Waals surface area contributed by atoms with Crippen LogP contribution in [0.1, 0.15) is 0 Å². The van der Waals surface area contributed by atoms with Gasteiger partial charge in [0, 0.05) is 50.1 Å². The number of hydrogen-bond acceptors (Lipinski definition) is 2. The van der Waals surface area contributed by atoms with Gasteiger partial charge in [0.05, 0.1) is 16.7 Å². The number of fused-ring (bicyclic) bond motifs is 8. The Morgan fingerprint density at radius 1 is 0.311 bits per heavy atom. The number of rotatable bonds is 7. The first-order valence-electron chi connectivity index (χ1n) is 20.8. The van der Waals surface area contributed by atoms with E-state index in [2.05, 4.69) is 234 Å². The highest BCUT2D eigenvalue weighted by atomic mass is 16.3. The maximum atomic E-state index is 6.54. The third kappa shape index (κ3) is 5.90. The largest absolute Gasteiger partial charge is 0.456 e. The van der Waals surface area contributed by atoms with Gasteiger partial charge in [0.15, 0.2) is 0 Å². The van der Waals surface area contributed by atoms with Crippen LogP contribution < -0.4 is 4.90 Å². The molecule has 0 fully saturated rings. The van der Waals surface area contributed by atoms with Crippen LogP contribution >= 0.6 is 0 Å². The molecule has 0 bridgehead atoms. The Morgan fingerprint density at radius 3 is 1.28 bits per heavy atom. The Kier molecular flexibility index (Phi) is 8.17. The summed E-state index contributed by atoms with van der Waals surface area (Å²) in [5.74, 6) is 0. The molecule has 0 spiro atoms. The molecule has 61 heavy (non-hydrogen) atoms. The lowest BCUT2D eigenvalue weighted by Gasteiger charge is -2.27. The predicted molar refractivity (Wildman–Crippen MR) is 257 cm³/mol. The average Bonchev–Trinajstić information content (AvgIpc) is 3.89. The lowest BCUT2D eigenvalue weighted by atomic mass is 9.99. The molecule has 0 amide bonds. The number of aromatic nitrogens is 1. The van der Waals surface area contributed by atoms with E-state index in [1.165, 1.54) is 55.0 Å². The van der Waals surface area contributed by atoms with Crippen molar-refractivity contribution in [3.63, 3.8) is 0 Å². The topological polar surface area (TPSA) is 21.3 Å². The third-order valence-electron chi connectivity index (χ3n) is 12.2. The fourth-order valence-electron chi connectivity index (χ4n) is 9.28. The van der Waals surface area contributed by atoms with E-state index in [-0.39, 0.29) is 0 Å². The summed E-state index contributed by atoms with van der Waals surface area (Å²) in [5, 5.41) is 7.15. The van der Waals surface area contributed by atoms with Crippen molar-refractivity contribution in [3.8, 4) is 39.1 Å². The molecule has 0 aliphatic carbocycles. The summed E-state index contributed by atoms with van der Waals surface area (Å²) in [7, 11) is 0. The van der Waals surface area contributed by atoms with Gasteiger partial charge >= 0.3 is 0 Å². The van der Waals surface area contributed by atoms with Gasteiger partial charge in [-0.3, -0.25) is 0 Å².